The normalized spacial score (nSPS) is 13.9. The SMILES string of the molecule is c1ccc(N2CCOCC2)c(Nc2cc(Nc3cccc4cccnc34)ncn2)c1. The number of morpholine rings is 1. The molecule has 1 saturated heterocycles. The Hall–Kier alpha value is -3.71. The van der Waals surface area contributed by atoms with Crippen LogP contribution >= 0.6 is 0 Å². The topological polar surface area (TPSA) is 75.2 Å². The van der Waals surface area contributed by atoms with Crippen molar-refractivity contribution in [3.63, 3.8) is 0 Å². The fourth-order valence-corrected chi connectivity index (χ4v) is 3.63. The van der Waals surface area contributed by atoms with Crippen LogP contribution in [-0.4, -0.2) is 41.3 Å². The summed E-state index contributed by atoms with van der Waals surface area (Å²) in [5.41, 5.74) is 3.97. The molecule has 0 unspecified atom stereocenters. The van der Waals surface area contributed by atoms with Gasteiger partial charge in [-0.1, -0.05) is 30.3 Å². The average molecular weight is 398 g/mol. The molecular formula is C23H22N6O. The molecule has 1 aliphatic heterocycles. The third kappa shape index (κ3) is 3.88. The second-order valence-corrected chi connectivity index (χ2v) is 7.04. The number of fused-ring (bicyclic) bond motifs is 1. The number of pyridine rings is 1. The van der Waals surface area contributed by atoms with E-state index in [2.05, 4.69) is 48.7 Å². The summed E-state index contributed by atoms with van der Waals surface area (Å²) >= 11 is 0. The molecule has 2 N–H and O–H groups in total. The van der Waals surface area contributed by atoms with Crippen molar-refractivity contribution in [3.05, 3.63) is 73.2 Å². The van der Waals surface area contributed by atoms with E-state index in [9.17, 15) is 0 Å². The Morgan fingerprint density at radius 1 is 0.767 bits per heavy atom. The van der Waals surface area contributed by atoms with Gasteiger partial charge in [0.1, 0.15) is 18.0 Å². The summed E-state index contributed by atoms with van der Waals surface area (Å²) in [6, 6.07) is 20.2. The molecule has 7 nitrogen and oxygen atoms in total. The maximum absolute atomic E-state index is 5.49. The summed E-state index contributed by atoms with van der Waals surface area (Å²) in [7, 11) is 0. The molecule has 7 heteroatoms. The minimum Gasteiger partial charge on any atom is -0.378 e. The van der Waals surface area contributed by atoms with Gasteiger partial charge >= 0.3 is 0 Å². The third-order valence-electron chi connectivity index (χ3n) is 5.08. The lowest BCUT2D eigenvalue weighted by atomic mass is 10.2. The summed E-state index contributed by atoms with van der Waals surface area (Å²) in [6.07, 6.45) is 3.35. The summed E-state index contributed by atoms with van der Waals surface area (Å²) in [6.45, 7) is 3.25. The second-order valence-electron chi connectivity index (χ2n) is 7.04. The van der Waals surface area contributed by atoms with E-state index in [4.69, 9.17) is 4.74 Å². The molecule has 5 rings (SSSR count). The molecule has 0 atom stereocenters. The van der Waals surface area contributed by atoms with E-state index in [-0.39, 0.29) is 0 Å². The van der Waals surface area contributed by atoms with Gasteiger partial charge in [0.05, 0.1) is 35.8 Å². The minimum absolute atomic E-state index is 0.703. The minimum atomic E-state index is 0.703. The van der Waals surface area contributed by atoms with Crippen LogP contribution in [0.25, 0.3) is 10.9 Å². The third-order valence-corrected chi connectivity index (χ3v) is 5.08. The lowest BCUT2D eigenvalue weighted by molar-refractivity contribution is 0.123. The summed E-state index contributed by atoms with van der Waals surface area (Å²) in [4.78, 5) is 15.6. The number of anilines is 5. The molecule has 150 valence electrons. The Bertz CT molecular complexity index is 1150. The fraction of sp³-hybridized carbons (Fsp3) is 0.174. The van der Waals surface area contributed by atoms with E-state index in [0.717, 1.165) is 60.1 Å². The molecule has 1 fully saturated rings. The van der Waals surface area contributed by atoms with Crippen LogP contribution in [0.4, 0.5) is 28.7 Å². The quantitative estimate of drug-likeness (QED) is 0.518. The van der Waals surface area contributed by atoms with Gasteiger partial charge in [0.2, 0.25) is 0 Å². The molecular weight excluding hydrogens is 376 g/mol. The first kappa shape index (κ1) is 18.3. The monoisotopic (exact) mass is 398 g/mol. The molecule has 0 bridgehead atoms. The highest BCUT2D eigenvalue weighted by atomic mass is 16.5. The molecule has 3 heterocycles. The van der Waals surface area contributed by atoms with Crippen LogP contribution in [-0.2, 0) is 4.74 Å². The van der Waals surface area contributed by atoms with Crippen LogP contribution in [0.15, 0.2) is 73.2 Å². The molecule has 1 aliphatic rings. The van der Waals surface area contributed by atoms with Crippen molar-refractivity contribution in [1.82, 2.24) is 15.0 Å². The maximum atomic E-state index is 5.49. The van der Waals surface area contributed by atoms with E-state index < -0.39 is 0 Å². The molecule has 0 saturated carbocycles. The van der Waals surface area contributed by atoms with Crippen molar-refractivity contribution >= 4 is 39.6 Å². The highest BCUT2D eigenvalue weighted by Gasteiger charge is 2.15. The highest BCUT2D eigenvalue weighted by molar-refractivity contribution is 5.91. The van der Waals surface area contributed by atoms with Crippen LogP contribution in [0.3, 0.4) is 0 Å². The van der Waals surface area contributed by atoms with Gasteiger partial charge < -0.3 is 20.3 Å². The van der Waals surface area contributed by atoms with Crippen LogP contribution in [0.1, 0.15) is 0 Å². The summed E-state index contributed by atoms with van der Waals surface area (Å²) in [5, 5.41) is 7.89. The van der Waals surface area contributed by atoms with Gasteiger partial charge in [-0.15, -0.1) is 0 Å². The Morgan fingerprint density at radius 3 is 2.37 bits per heavy atom. The van der Waals surface area contributed by atoms with E-state index in [1.165, 1.54) is 0 Å². The Kier molecular flexibility index (Phi) is 5.10. The van der Waals surface area contributed by atoms with Gasteiger partial charge in [0.25, 0.3) is 0 Å². The summed E-state index contributed by atoms with van der Waals surface area (Å²) in [5.74, 6) is 1.43. The van der Waals surface area contributed by atoms with E-state index in [1.54, 1.807) is 12.5 Å². The number of aromatic nitrogens is 3. The van der Waals surface area contributed by atoms with Gasteiger partial charge in [-0.05, 0) is 24.3 Å². The molecule has 0 radical (unpaired) electrons. The van der Waals surface area contributed by atoms with Gasteiger partial charge in [-0.25, -0.2) is 9.97 Å². The molecule has 0 spiro atoms. The van der Waals surface area contributed by atoms with Crippen molar-refractivity contribution in [2.75, 3.05) is 41.8 Å². The fourth-order valence-electron chi connectivity index (χ4n) is 3.63. The van der Waals surface area contributed by atoms with Crippen LogP contribution in [0.5, 0.6) is 0 Å². The smallest absolute Gasteiger partial charge is 0.135 e. The Balaban J connectivity index is 1.40. The van der Waals surface area contributed by atoms with Crippen molar-refractivity contribution in [2.45, 2.75) is 0 Å². The zero-order valence-corrected chi connectivity index (χ0v) is 16.5. The lowest BCUT2D eigenvalue weighted by Crippen LogP contribution is -2.36. The number of benzene rings is 2. The molecule has 2 aromatic carbocycles. The van der Waals surface area contributed by atoms with E-state index >= 15 is 0 Å². The van der Waals surface area contributed by atoms with Crippen molar-refractivity contribution < 1.29 is 4.74 Å². The van der Waals surface area contributed by atoms with Gasteiger partial charge in [-0.3, -0.25) is 4.98 Å². The van der Waals surface area contributed by atoms with Gasteiger partial charge in [0, 0.05) is 30.7 Å². The number of ether oxygens (including phenoxy) is 1. The first-order chi connectivity index (χ1) is 14.9. The number of nitrogens with one attached hydrogen (secondary N) is 2. The molecule has 2 aromatic heterocycles. The maximum Gasteiger partial charge on any atom is 0.135 e. The summed E-state index contributed by atoms with van der Waals surface area (Å²) < 4.78 is 5.49. The number of para-hydroxylation sites is 3. The highest BCUT2D eigenvalue weighted by Crippen LogP contribution is 2.30. The lowest BCUT2D eigenvalue weighted by Gasteiger charge is -2.30. The standard InChI is InChI=1S/C23H22N6O/c1-2-9-20(29-11-13-30-14-12-29)18(7-1)27-21-15-22(26-16-25-21)28-19-8-3-5-17-6-4-10-24-23(17)19/h1-10,15-16H,11-14H2,(H2,25,26,27,28). The average Bonchev–Trinajstić information content (AvgIpc) is 2.81. The second kappa shape index (κ2) is 8.34. The molecule has 30 heavy (non-hydrogen) atoms. The number of hydrogen-bond donors (Lipinski definition) is 2. The zero-order chi connectivity index (χ0) is 20.2. The van der Waals surface area contributed by atoms with Crippen LogP contribution < -0.4 is 15.5 Å². The number of hydrogen-bond acceptors (Lipinski definition) is 7. The van der Waals surface area contributed by atoms with E-state index in [1.807, 2.05) is 42.5 Å². The Morgan fingerprint density at radius 2 is 1.50 bits per heavy atom. The van der Waals surface area contributed by atoms with Gasteiger partial charge in [0.15, 0.2) is 0 Å². The van der Waals surface area contributed by atoms with Crippen molar-refractivity contribution in [3.8, 4) is 0 Å². The molecule has 0 aliphatic carbocycles. The van der Waals surface area contributed by atoms with Crippen molar-refractivity contribution in [1.29, 1.82) is 0 Å². The van der Waals surface area contributed by atoms with E-state index in [0.29, 0.717) is 5.82 Å². The van der Waals surface area contributed by atoms with Crippen LogP contribution in [0.2, 0.25) is 0 Å². The predicted octanol–water partition coefficient (Wildman–Crippen LogP) is 4.35. The predicted molar refractivity (Wildman–Crippen MR) is 120 cm³/mol. The zero-order valence-electron chi connectivity index (χ0n) is 16.5. The number of nitrogens with zero attached hydrogens (tertiary/aromatic N) is 4. The first-order valence-electron chi connectivity index (χ1n) is 9.98. The molecule has 4 aromatic rings. The van der Waals surface area contributed by atoms with Gasteiger partial charge in [-0.2, -0.15) is 0 Å². The number of rotatable bonds is 5. The molecule has 0 amide bonds. The Labute approximate surface area is 174 Å². The van der Waals surface area contributed by atoms with Crippen molar-refractivity contribution in [2.24, 2.45) is 0 Å². The van der Waals surface area contributed by atoms with Crippen LogP contribution in [0, 0.1) is 0 Å². The largest absolute Gasteiger partial charge is 0.378 e. The first-order valence-corrected chi connectivity index (χ1v) is 9.98.